The summed E-state index contributed by atoms with van der Waals surface area (Å²) in [7, 11) is 0. The van der Waals surface area contributed by atoms with Crippen molar-refractivity contribution in [1.29, 1.82) is 0 Å². The number of aromatic carboxylic acids is 1. The van der Waals surface area contributed by atoms with Crippen LogP contribution in [0.25, 0.3) is 0 Å². The first-order chi connectivity index (χ1) is 9.65. The van der Waals surface area contributed by atoms with E-state index in [-0.39, 0.29) is 17.4 Å². The number of carboxylic acid groups (broad SMARTS) is 1. The van der Waals surface area contributed by atoms with Crippen molar-refractivity contribution >= 4 is 23.2 Å². The third kappa shape index (κ3) is 4.52. The van der Waals surface area contributed by atoms with Gasteiger partial charge in [-0.15, -0.1) is 11.3 Å². The highest BCUT2D eigenvalue weighted by Crippen LogP contribution is 2.21. The molecule has 2 rings (SSSR count). The summed E-state index contributed by atoms with van der Waals surface area (Å²) in [4.78, 5) is 22.7. The van der Waals surface area contributed by atoms with E-state index in [1.807, 2.05) is 0 Å². The molecule has 0 radical (unpaired) electrons. The minimum absolute atomic E-state index is 0.00517. The summed E-state index contributed by atoms with van der Waals surface area (Å²) >= 11 is 1.12. The number of amides is 1. The van der Waals surface area contributed by atoms with E-state index < -0.39 is 5.97 Å². The van der Waals surface area contributed by atoms with Crippen LogP contribution in [0.4, 0.5) is 0 Å². The Morgan fingerprint density at radius 1 is 1.35 bits per heavy atom. The summed E-state index contributed by atoms with van der Waals surface area (Å²) in [6.45, 7) is 0.272. The van der Waals surface area contributed by atoms with Gasteiger partial charge in [-0.2, -0.15) is 0 Å². The third-order valence-electron chi connectivity index (χ3n) is 3.35. The molecule has 6 heteroatoms. The normalized spacial score (nSPS) is 15.8. The molecule has 1 aromatic heterocycles. The van der Waals surface area contributed by atoms with Crippen LogP contribution in [0.15, 0.2) is 11.4 Å². The van der Waals surface area contributed by atoms with Crippen molar-refractivity contribution in [3.05, 3.63) is 16.3 Å². The van der Waals surface area contributed by atoms with Gasteiger partial charge in [-0.1, -0.05) is 19.3 Å². The average Bonchev–Trinajstić information content (AvgIpc) is 2.89. The van der Waals surface area contributed by atoms with Crippen molar-refractivity contribution < 1.29 is 19.4 Å². The smallest absolute Gasteiger partial charge is 0.346 e. The minimum Gasteiger partial charge on any atom is -0.492 e. The Bertz CT molecular complexity index is 465. The lowest BCUT2D eigenvalue weighted by molar-refractivity contribution is -0.122. The van der Waals surface area contributed by atoms with E-state index in [0.29, 0.717) is 18.2 Å². The highest BCUT2D eigenvalue weighted by molar-refractivity contribution is 7.12. The monoisotopic (exact) mass is 297 g/mol. The molecule has 1 aliphatic rings. The Morgan fingerprint density at radius 2 is 2.10 bits per heavy atom. The van der Waals surface area contributed by atoms with Crippen LogP contribution in [-0.2, 0) is 4.79 Å². The summed E-state index contributed by atoms with van der Waals surface area (Å²) in [5, 5.41) is 13.4. The molecule has 5 nitrogen and oxygen atoms in total. The highest BCUT2D eigenvalue weighted by Gasteiger charge is 2.15. The summed E-state index contributed by atoms with van der Waals surface area (Å²) in [6, 6.07) is 1.79. The largest absolute Gasteiger partial charge is 0.492 e. The number of carboxylic acids is 1. The zero-order valence-electron chi connectivity index (χ0n) is 11.3. The van der Waals surface area contributed by atoms with E-state index in [1.54, 1.807) is 5.38 Å². The zero-order valence-corrected chi connectivity index (χ0v) is 12.1. The van der Waals surface area contributed by atoms with Crippen LogP contribution in [0.1, 0.15) is 48.2 Å². The highest BCUT2D eigenvalue weighted by atomic mass is 32.1. The Hall–Kier alpha value is -1.56. The first-order valence-electron chi connectivity index (χ1n) is 6.89. The van der Waals surface area contributed by atoms with Gasteiger partial charge in [0.1, 0.15) is 10.6 Å². The summed E-state index contributed by atoms with van der Waals surface area (Å²) in [6.07, 6.45) is 6.08. The van der Waals surface area contributed by atoms with Crippen LogP contribution in [0.2, 0.25) is 0 Å². The number of nitrogens with one attached hydrogen (secondary N) is 1. The lowest BCUT2D eigenvalue weighted by Gasteiger charge is -2.22. The number of carbonyl (C=O) groups excluding carboxylic acids is 1. The number of rotatable bonds is 6. The van der Waals surface area contributed by atoms with Crippen molar-refractivity contribution in [1.82, 2.24) is 5.32 Å². The molecule has 0 spiro atoms. The first kappa shape index (κ1) is 14.8. The van der Waals surface area contributed by atoms with Gasteiger partial charge >= 0.3 is 5.97 Å². The predicted octanol–water partition coefficient (Wildman–Crippen LogP) is 2.66. The fraction of sp³-hybridized carbons (Fsp3) is 0.571. The molecule has 0 aliphatic heterocycles. The molecule has 0 bridgehead atoms. The van der Waals surface area contributed by atoms with E-state index in [1.165, 1.54) is 25.3 Å². The molecule has 0 saturated heterocycles. The quantitative estimate of drug-likeness (QED) is 0.846. The molecule has 1 amide bonds. The second-order valence-electron chi connectivity index (χ2n) is 4.95. The van der Waals surface area contributed by atoms with Gasteiger partial charge in [-0.05, 0) is 12.8 Å². The average molecular weight is 297 g/mol. The van der Waals surface area contributed by atoms with Crippen LogP contribution < -0.4 is 10.1 Å². The number of hydrogen-bond donors (Lipinski definition) is 2. The zero-order chi connectivity index (χ0) is 14.4. The van der Waals surface area contributed by atoms with Gasteiger partial charge in [0.25, 0.3) is 0 Å². The Morgan fingerprint density at radius 3 is 2.75 bits per heavy atom. The van der Waals surface area contributed by atoms with E-state index >= 15 is 0 Å². The van der Waals surface area contributed by atoms with Crippen molar-refractivity contribution in [2.45, 2.75) is 44.6 Å². The Kier molecular flexibility index (Phi) is 5.40. The SMILES string of the molecule is O=C(CCOc1csc(C(=O)O)c1)NC1CCCCC1. The molecule has 0 unspecified atom stereocenters. The number of hydrogen-bond acceptors (Lipinski definition) is 4. The van der Waals surface area contributed by atoms with Gasteiger partial charge in [-0.3, -0.25) is 4.79 Å². The van der Waals surface area contributed by atoms with Crippen molar-refractivity contribution in [2.75, 3.05) is 6.61 Å². The molecule has 110 valence electrons. The second kappa shape index (κ2) is 7.28. The topological polar surface area (TPSA) is 75.6 Å². The third-order valence-corrected chi connectivity index (χ3v) is 4.25. The first-order valence-corrected chi connectivity index (χ1v) is 7.77. The lowest BCUT2D eigenvalue weighted by Crippen LogP contribution is -2.36. The second-order valence-corrected chi connectivity index (χ2v) is 5.86. The molecule has 0 atom stereocenters. The molecule has 1 aliphatic carbocycles. The number of ether oxygens (including phenoxy) is 1. The van der Waals surface area contributed by atoms with E-state index in [4.69, 9.17) is 9.84 Å². The van der Waals surface area contributed by atoms with Crippen LogP contribution in [-0.4, -0.2) is 29.6 Å². The lowest BCUT2D eigenvalue weighted by atomic mass is 9.95. The Labute approximate surface area is 121 Å². The van der Waals surface area contributed by atoms with Gasteiger partial charge in [0, 0.05) is 17.5 Å². The van der Waals surface area contributed by atoms with Crippen LogP contribution >= 0.6 is 11.3 Å². The van der Waals surface area contributed by atoms with Crippen molar-refractivity contribution in [3.63, 3.8) is 0 Å². The molecule has 20 heavy (non-hydrogen) atoms. The van der Waals surface area contributed by atoms with E-state index in [9.17, 15) is 9.59 Å². The maximum atomic E-state index is 11.7. The van der Waals surface area contributed by atoms with E-state index in [0.717, 1.165) is 24.2 Å². The van der Waals surface area contributed by atoms with Gasteiger partial charge in [0.2, 0.25) is 5.91 Å². The Balaban J connectivity index is 1.66. The van der Waals surface area contributed by atoms with Crippen LogP contribution in [0, 0.1) is 0 Å². The molecule has 1 aromatic rings. The maximum Gasteiger partial charge on any atom is 0.346 e. The fourth-order valence-corrected chi connectivity index (χ4v) is 2.98. The summed E-state index contributed by atoms with van der Waals surface area (Å²) in [5.41, 5.74) is 0. The number of thiophene rings is 1. The molecule has 1 saturated carbocycles. The molecule has 2 N–H and O–H groups in total. The molecular formula is C14H19NO4S. The molecule has 1 heterocycles. The maximum absolute atomic E-state index is 11.7. The standard InChI is InChI=1S/C14H19NO4S/c16-13(15-10-4-2-1-3-5-10)6-7-19-11-8-12(14(17)18)20-9-11/h8-10H,1-7H2,(H,15,16)(H,17,18). The van der Waals surface area contributed by atoms with Gasteiger partial charge in [-0.25, -0.2) is 4.79 Å². The minimum atomic E-state index is -0.958. The molecule has 1 fully saturated rings. The van der Waals surface area contributed by atoms with Gasteiger partial charge in [0.15, 0.2) is 0 Å². The fourth-order valence-electron chi connectivity index (χ4n) is 2.31. The van der Waals surface area contributed by atoms with E-state index in [2.05, 4.69) is 5.32 Å². The van der Waals surface area contributed by atoms with Crippen molar-refractivity contribution in [2.24, 2.45) is 0 Å². The predicted molar refractivity (Wildman–Crippen MR) is 76.4 cm³/mol. The molecular weight excluding hydrogens is 278 g/mol. The molecule has 0 aromatic carbocycles. The van der Waals surface area contributed by atoms with Gasteiger partial charge in [0.05, 0.1) is 13.0 Å². The van der Waals surface area contributed by atoms with Crippen molar-refractivity contribution in [3.8, 4) is 5.75 Å². The summed E-state index contributed by atoms with van der Waals surface area (Å²) < 4.78 is 5.38. The van der Waals surface area contributed by atoms with Crippen LogP contribution in [0.3, 0.4) is 0 Å². The van der Waals surface area contributed by atoms with Crippen LogP contribution in [0.5, 0.6) is 5.75 Å². The van der Waals surface area contributed by atoms with Gasteiger partial charge < -0.3 is 15.2 Å². The summed E-state index contributed by atoms with van der Waals surface area (Å²) in [5.74, 6) is -0.441. The number of carbonyl (C=O) groups is 2.